The monoisotopic (exact) mass is 702 g/mol. The maximum atomic E-state index is 9.35. The number of rotatable bonds is 10. The van der Waals surface area contributed by atoms with Crippen LogP contribution in [0.1, 0.15) is 22.3 Å². The molecule has 2 aromatic heterocycles. The van der Waals surface area contributed by atoms with E-state index in [4.69, 9.17) is 9.47 Å². The molecule has 4 nitrogen and oxygen atoms in total. The zero-order valence-electron chi connectivity index (χ0n) is 27.7. The smallest absolute Gasteiger partial charge is 0.120 e. The Morgan fingerprint density at radius 2 is 0.902 bits per heavy atom. The summed E-state index contributed by atoms with van der Waals surface area (Å²) in [5.41, 5.74) is 11.6. The van der Waals surface area contributed by atoms with Gasteiger partial charge in [0.25, 0.3) is 0 Å². The fourth-order valence-corrected chi connectivity index (χ4v) is 9.28. The molecule has 6 aromatic carbocycles. The highest BCUT2D eigenvalue weighted by Gasteiger charge is 2.49. The van der Waals surface area contributed by atoms with Gasteiger partial charge in [0.1, 0.15) is 24.7 Å². The highest BCUT2D eigenvalue weighted by molar-refractivity contribution is 7.08. The molecular weight excluding hydrogens is 669 g/mol. The molecular formula is C45H34O4S2. The Kier molecular flexibility index (Phi) is 8.17. The normalized spacial score (nSPS) is 13.0. The number of hydrogen-bond donors (Lipinski definition) is 2. The second-order valence-electron chi connectivity index (χ2n) is 12.8. The molecule has 0 fully saturated rings. The third kappa shape index (κ3) is 5.26. The Morgan fingerprint density at radius 3 is 1.33 bits per heavy atom. The lowest BCUT2D eigenvalue weighted by atomic mass is 9.64. The van der Waals surface area contributed by atoms with E-state index in [0.29, 0.717) is 0 Å². The molecule has 0 amide bonds. The van der Waals surface area contributed by atoms with Crippen molar-refractivity contribution in [2.24, 2.45) is 0 Å². The molecule has 0 aliphatic heterocycles. The third-order valence-electron chi connectivity index (χ3n) is 10.0. The second kappa shape index (κ2) is 13.1. The van der Waals surface area contributed by atoms with Crippen molar-refractivity contribution in [1.82, 2.24) is 0 Å². The maximum absolute atomic E-state index is 9.35. The second-order valence-corrected chi connectivity index (χ2v) is 14.4. The average molecular weight is 703 g/mol. The fraction of sp³-hybridized carbons (Fsp3) is 0.111. The summed E-state index contributed by atoms with van der Waals surface area (Å²) in [6.07, 6.45) is 0. The van der Waals surface area contributed by atoms with Gasteiger partial charge in [-0.2, -0.15) is 22.7 Å². The van der Waals surface area contributed by atoms with E-state index in [2.05, 4.69) is 131 Å². The Balaban J connectivity index is 1.39. The van der Waals surface area contributed by atoms with Crippen molar-refractivity contribution in [3.8, 4) is 44.9 Å². The number of thiophene rings is 2. The first kappa shape index (κ1) is 31.7. The quantitative estimate of drug-likeness (QED) is 0.149. The Bertz CT molecular complexity index is 2340. The molecule has 8 aromatic rings. The number of fused-ring (bicyclic) bond motifs is 5. The van der Waals surface area contributed by atoms with Crippen molar-refractivity contribution in [2.75, 3.05) is 26.4 Å². The molecule has 250 valence electrons. The van der Waals surface area contributed by atoms with E-state index in [9.17, 15) is 10.2 Å². The minimum Gasteiger partial charge on any atom is -0.491 e. The van der Waals surface area contributed by atoms with E-state index in [0.717, 1.165) is 33.0 Å². The fourth-order valence-electron chi connectivity index (χ4n) is 7.97. The van der Waals surface area contributed by atoms with Gasteiger partial charge in [0.05, 0.1) is 18.6 Å². The van der Waals surface area contributed by atoms with Crippen molar-refractivity contribution in [3.63, 3.8) is 0 Å². The number of benzene rings is 6. The van der Waals surface area contributed by atoms with Gasteiger partial charge < -0.3 is 19.7 Å². The SMILES string of the molecule is OCCOc1ccc2cc(C3(c4ccc5cc(OCCO)ccc5c4)c4c(-c5ccsc5)cccc4-c4cccc(-c5ccsc5)c43)ccc2c1. The summed E-state index contributed by atoms with van der Waals surface area (Å²) in [7, 11) is 0. The predicted octanol–water partition coefficient (Wildman–Crippen LogP) is 10.6. The first-order valence-corrected chi connectivity index (χ1v) is 19.0. The Hall–Kier alpha value is -5.24. The lowest BCUT2D eigenvalue weighted by Gasteiger charge is -2.37. The standard InChI is InChI=1S/C45H34O4S2/c46-17-19-48-37-13-9-29-23-35(11-7-31(29)25-37)45(36-12-8-32-26-38(49-20-18-47)14-10-30(32)24-36)43-39(33-15-21-50-27-33)3-1-5-41(43)42-6-2-4-40(44(42)45)34-16-22-51-28-34/h1-16,21-28,46-47H,17-20H2. The van der Waals surface area contributed by atoms with Gasteiger partial charge in [0.2, 0.25) is 0 Å². The van der Waals surface area contributed by atoms with Gasteiger partial charge in [-0.05, 0) is 147 Å². The molecule has 0 saturated carbocycles. The minimum absolute atomic E-state index is 0.0278. The summed E-state index contributed by atoms with van der Waals surface area (Å²) in [5.74, 6) is 1.49. The number of aliphatic hydroxyl groups is 2. The molecule has 2 heterocycles. The van der Waals surface area contributed by atoms with Gasteiger partial charge in [-0.1, -0.05) is 72.8 Å². The predicted molar refractivity (Wildman–Crippen MR) is 211 cm³/mol. The number of ether oxygens (including phenoxy) is 2. The molecule has 0 radical (unpaired) electrons. The lowest BCUT2D eigenvalue weighted by molar-refractivity contribution is 0.201. The average Bonchev–Trinajstić information content (AvgIpc) is 3.97. The van der Waals surface area contributed by atoms with E-state index in [1.165, 1.54) is 55.6 Å². The van der Waals surface area contributed by atoms with Crippen molar-refractivity contribution in [3.05, 3.63) is 165 Å². The van der Waals surface area contributed by atoms with Crippen molar-refractivity contribution < 1.29 is 19.7 Å². The molecule has 9 rings (SSSR count). The highest BCUT2D eigenvalue weighted by atomic mass is 32.1. The van der Waals surface area contributed by atoms with Crippen LogP contribution >= 0.6 is 22.7 Å². The zero-order chi connectivity index (χ0) is 34.4. The topological polar surface area (TPSA) is 58.9 Å². The van der Waals surface area contributed by atoms with Crippen LogP contribution in [0.25, 0.3) is 54.9 Å². The van der Waals surface area contributed by atoms with Gasteiger partial charge >= 0.3 is 0 Å². The van der Waals surface area contributed by atoms with Crippen LogP contribution in [0.15, 0.2) is 143 Å². The van der Waals surface area contributed by atoms with Crippen LogP contribution in [0.3, 0.4) is 0 Å². The van der Waals surface area contributed by atoms with E-state index in [1.54, 1.807) is 22.7 Å². The summed E-state index contributed by atoms with van der Waals surface area (Å²) >= 11 is 3.44. The van der Waals surface area contributed by atoms with Gasteiger partial charge in [0.15, 0.2) is 0 Å². The molecule has 0 atom stereocenters. The molecule has 0 saturated heterocycles. The number of aliphatic hydroxyl groups excluding tert-OH is 2. The van der Waals surface area contributed by atoms with E-state index in [1.807, 2.05) is 12.1 Å². The van der Waals surface area contributed by atoms with Crippen LogP contribution in [0.2, 0.25) is 0 Å². The number of hydrogen-bond acceptors (Lipinski definition) is 6. The molecule has 0 unspecified atom stereocenters. The molecule has 1 aliphatic carbocycles. The van der Waals surface area contributed by atoms with Gasteiger partial charge in [-0.3, -0.25) is 0 Å². The van der Waals surface area contributed by atoms with Crippen LogP contribution in [0.4, 0.5) is 0 Å². The van der Waals surface area contributed by atoms with Crippen molar-refractivity contribution in [1.29, 1.82) is 0 Å². The van der Waals surface area contributed by atoms with E-state index < -0.39 is 5.41 Å². The van der Waals surface area contributed by atoms with Gasteiger partial charge in [-0.25, -0.2) is 0 Å². The molecule has 0 bridgehead atoms. The Labute approximate surface area is 304 Å². The summed E-state index contributed by atoms with van der Waals surface area (Å²) in [6.45, 7) is 0.460. The lowest BCUT2D eigenvalue weighted by Crippen LogP contribution is -2.30. The highest BCUT2D eigenvalue weighted by Crippen LogP contribution is 2.61. The Morgan fingerprint density at radius 1 is 0.471 bits per heavy atom. The van der Waals surface area contributed by atoms with E-state index >= 15 is 0 Å². The largest absolute Gasteiger partial charge is 0.491 e. The van der Waals surface area contributed by atoms with Gasteiger partial charge in [0, 0.05) is 0 Å². The van der Waals surface area contributed by atoms with Crippen molar-refractivity contribution in [2.45, 2.75) is 5.41 Å². The molecule has 2 N–H and O–H groups in total. The molecule has 0 spiro atoms. The zero-order valence-corrected chi connectivity index (χ0v) is 29.3. The first-order chi connectivity index (χ1) is 25.2. The van der Waals surface area contributed by atoms with Crippen LogP contribution in [-0.2, 0) is 5.41 Å². The van der Waals surface area contributed by atoms with Crippen LogP contribution in [0.5, 0.6) is 11.5 Å². The summed E-state index contributed by atoms with van der Waals surface area (Å²) in [5, 5.41) is 31.9. The molecule has 1 aliphatic rings. The minimum atomic E-state index is -0.678. The van der Waals surface area contributed by atoms with Gasteiger partial charge in [-0.15, -0.1) is 0 Å². The summed E-state index contributed by atoms with van der Waals surface area (Å²) < 4.78 is 11.6. The van der Waals surface area contributed by atoms with E-state index in [-0.39, 0.29) is 26.4 Å². The van der Waals surface area contributed by atoms with Crippen molar-refractivity contribution >= 4 is 44.2 Å². The third-order valence-corrected chi connectivity index (χ3v) is 11.4. The van der Waals surface area contributed by atoms with Crippen LogP contribution < -0.4 is 9.47 Å². The molecule has 51 heavy (non-hydrogen) atoms. The van der Waals surface area contributed by atoms with Crippen LogP contribution in [-0.4, -0.2) is 36.6 Å². The first-order valence-electron chi connectivity index (χ1n) is 17.1. The van der Waals surface area contributed by atoms with Crippen LogP contribution in [0, 0.1) is 0 Å². The maximum Gasteiger partial charge on any atom is 0.120 e. The summed E-state index contributed by atoms with van der Waals surface area (Å²) in [6, 6.07) is 44.1. The summed E-state index contributed by atoms with van der Waals surface area (Å²) in [4.78, 5) is 0. The molecule has 6 heteroatoms.